The van der Waals surface area contributed by atoms with Gasteiger partial charge in [0.25, 0.3) is 0 Å². The third-order valence-corrected chi connectivity index (χ3v) is 1.25. The van der Waals surface area contributed by atoms with Gasteiger partial charge in [-0.05, 0) is 6.92 Å². The zero-order valence-corrected chi connectivity index (χ0v) is 7.41. The van der Waals surface area contributed by atoms with Crippen LogP contribution < -0.4 is 10.6 Å². The number of nitrogens with one attached hydrogen (secondary N) is 2. The van der Waals surface area contributed by atoms with Gasteiger partial charge >= 0.3 is 0 Å². The van der Waals surface area contributed by atoms with Gasteiger partial charge in [0, 0.05) is 25.7 Å². The molecule has 2 nitrogen and oxygen atoms in total. The van der Waals surface area contributed by atoms with E-state index < -0.39 is 0 Å². The molecule has 2 N–H and O–H groups in total. The van der Waals surface area contributed by atoms with E-state index in [2.05, 4.69) is 31.4 Å². The van der Waals surface area contributed by atoms with Crippen molar-refractivity contribution in [1.29, 1.82) is 0 Å². The third kappa shape index (κ3) is 6.05. The Morgan fingerprint density at radius 1 is 1.30 bits per heavy atom. The molecule has 0 bridgehead atoms. The number of piperazine rings is 1. The molecule has 1 aliphatic rings. The normalized spacial score (nSPS) is 24.9. The van der Waals surface area contributed by atoms with Gasteiger partial charge in [0.1, 0.15) is 0 Å². The Bertz CT molecular complexity index is 58.3. The van der Waals surface area contributed by atoms with Crippen molar-refractivity contribution >= 4 is 0 Å². The van der Waals surface area contributed by atoms with Crippen LogP contribution in [0.2, 0.25) is 0 Å². The van der Waals surface area contributed by atoms with Crippen LogP contribution >= 0.6 is 0 Å². The van der Waals surface area contributed by atoms with Crippen LogP contribution in [-0.4, -0.2) is 25.7 Å². The third-order valence-electron chi connectivity index (χ3n) is 1.25. The predicted molar refractivity (Wildman–Crippen MR) is 46.3 cm³/mol. The van der Waals surface area contributed by atoms with Crippen LogP contribution in [0.4, 0.5) is 0 Å². The van der Waals surface area contributed by atoms with Crippen molar-refractivity contribution in [2.45, 2.75) is 33.2 Å². The maximum atomic E-state index is 3.32. The van der Waals surface area contributed by atoms with E-state index in [1.54, 1.807) is 0 Å². The monoisotopic (exact) mass is 144 g/mol. The topological polar surface area (TPSA) is 24.1 Å². The Kier molecular flexibility index (Phi) is 6.98. The first-order valence-electron chi connectivity index (χ1n) is 4.25. The average molecular weight is 144 g/mol. The molecule has 1 heterocycles. The quantitative estimate of drug-likeness (QED) is 0.529. The summed E-state index contributed by atoms with van der Waals surface area (Å²) >= 11 is 0. The molecular weight excluding hydrogens is 124 g/mol. The lowest BCUT2D eigenvalue weighted by Crippen LogP contribution is -2.46. The lowest BCUT2D eigenvalue weighted by Gasteiger charge is -2.19. The fraction of sp³-hybridized carbons (Fsp3) is 1.00. The molecule has 62 valence electrons. The molecule has 0 amide bonds. The Hall–Kier alpha value is -0.0800. The molecule has 0 aromatic heterocycles. The Morgan fingerprint density at radius 2 is 1.90 bits per heavy atom. The van der Waals surface area contributed by atoms with Gasteiger partial charge in [0.05, 0.1) is 0 Å². The maximum Gasteiger partial charge on any atom is 0.0164 e. The molecule has 1 unspecified atom stereocenters. The highest BCUT2D eigenvalue weighted by atomic mass is 15.0. The first kappa shape index (κ1) is 9.92. The Balaban J connectivity index is 0.000000236. The SMILES string of the molecule is CC1CNCCN1.CCC. The van der Waals surface area contributed by atoms with Gasteiger partial charge in [-0.15, -0.1) is 0 Å². The molecule has 1 aliphatic heterocycles. The Labute approximate surface area is 64.4 Å². The van der Waals surface area contributed by atoms with Gasteiger partial charge in [-0.25, -0.2) is 0 Å². The molecular formula is C8H20N2. The summed E-state index contributed by atoms with van der Waals surface area (Å²) in [6.45, 7) is 9.82. The van der Waals surface area contributed by atoms with Crippen molar-refractivity contribution in [2.75, 3.05) is 19.6 Å². The van der Waals surface area contributed by atoms with Crippen molar-refractivity contribution in [3.8, 4) is 0 Å². The summed E-state index contributed by atoms with van der Waals surface area (Å²) in [6.07, 6.45) is 1.25. The van der Waals surface area contributed by atoms with Gasteiger partial charge in [-0.3, -0.25) is 0 Å². The molecule has 1 saturated heterocycles. The van der Waals surface area contributed by atoms with E-state index in [-0.39, 0.29) is 0 Å². The second-order valence-electron chi connectivity index (χ2n) is 2.77. The summed E-state index contributed by atoms with van der Waals surface area (Å²) in [4.78, 5) is 0. The Morgan fingerprint density at radius 3 is 2.10 bits per heavy atom. The zero-order valence-electron chi connectivity index (χ0n) is 7.41. The van der Waals surface area contributed by atoms with E-state index in [1.807, 2.05) is 0 Å². The molecule has 0 radical (unpaired) electrons. The summed E-state index contributed by atoms with van der Waals surface area (Å²) in [5.41, 5.74) is 0. The highest BCUT2D eigenvalue weighted by Crippen LogP contribution is 1.80. The molecule has 10 heavy (non-hydrogen) atoms. The largest absolute Gasteiger partial charge is 0.314 e. The van der Waals surface area contributed by atoms with Crippen molar-refractivity contribution in [1.82, 2.24) is 10.6 Å². The second-order valence-corrected chi connectivity index (χ2v) is 2.77. The predicted octanol–water partition coefficient (Wildman–Crippen LogP) is 0.984. The number of hydrogen-bond acceptors (Lipinski definition) is 2. The number of rotatable bonds is 0. The molecule has 0 spiro atoms. The fourth-order valence-corrected chi connectivity index (χ4v) is 0.798. The molecule has 2 heteroatoms. The molecule has 0 aromatic carbocycles. The highest BCUT2D eigenvalue weighted by molar-refractivity contribution is 4.69. The fourth-order valence-electron chi connectivity index (χ4n) is 0.798. The van der Waals surface area contributed by atoms with E-state index in [4.69, 9.17) is 0 Å². The lowest BCUT2D eigenvalue weighted by molar-refractivity contribution is 0.442. The van der Waals surface area contributed by atoms with Crippen LogP contribution in [0.5, 0.6) is 0 Å². The lowest BCUT2D eigenvalue weighted by atomic mass is 10.3. The van der Waals surface area contributed by atoms with E-state index in [0.717, 1.165) is 19.6 Å². The second kappa shape index (κ2) is 7.03. The first-order chi connectivity index (χ1) is 4.81. The summed E-state index contributed by atoms with van der Waals surface area (Å²) in [5, 5.41) is 6.59. The number of hydrogen-bond donors (Lipinski definition) is 2. The molecule has 1 fully saturated rings. The van der Waals surface area contributed by atoms with Gasteiger partial charge < -0.3 is 10.6 Å². The van der Waals surface area contributed by atoms with Crippen LogP contribution in [0, 0.1) is 0 Å². The van der Waals surface area contributed by atoms with Crippen LogP contribution in [0.1, 0.15) is 27.2 Å². The van der Waals surface area contributed by atoms with Gasteiger partial charge in [0.15, 0.2) is 0 Å². The van der Waals surface area contributed by atoms with E-state index in [9.17, 15) is 0 Å². The van der Waals surface area contributed by atoms with Crippen molar-refractivity contribution in [3.05, 3.63) is 0 Å². The van der Waals surface area contributed by atoms with Gasteiger partial charge in [-0.2, -0.15) is 0 Å². The summed E-state index contributed by atoms with van der Waals surface area (Å²) < 4.78 is 0. The van der Waals surface area contributed by atoms with Crippen LogP contribution in [-0.2, 0) is 0 Å². The summed E-state index contributed by atoms with van der Waals surface area (Å²) in [6, 6.07) is 0.675. The van der Waals surface area contributed by atoms with Crippen LogP contribution in [0.3, 0.4) is 0 Å². The molecule has 1 atom stereocenters. The van der Waals surface area contributed by atoms with Crippen molar-refractivity contribution in [2.24, 2.45) is 0 Å². The summed E-state index contributed by atoms with van der Waals surface area (Å²) in [7, 11) is 0. The van der Waals surface area contributed by atoms with Gasteiger partial charge in [0.2, 0.25) is 0 Å². The van der Waals surface area contributed by atoms with Crippen molar-refractivity contribution in [3.63, 3.8) is 0 Å². The van der Waals surface area contributed by atoms with E-state index in [0.29, 0.717) is 6.04 Å². The molecule has 1 rings (SSSR count). The molecule has 0 aliphatic carbocycles. The summed E-state index contributed by atoms with van der Waals surface area (Å²) in [5.74, 6) is 0. The maximum absolute atomic E-state index is 3.32. The average Bonchev–Trinajstić information content (AvgIpc) is 1.91. The minimum atomic E-state index is 0.675. The standard InChI is InChI=1S/C5H12N2.C3H8/c1-5-4-6-2-3-7-5;1-3-2/h5-7H,2-4H2,1H3;3H2,1-2H3. The van der Waals surface area contributed by atoms with Crippen LogP contribution in [0.25, 0.3) is 0 Å². The van der Waals surface area contributed by atoms with Crippen molar-refractivity contribution < 1.29 is 0 Å². The van der Waals surface area contributed by atoms with Crippen LogP contribution in [0.15, 0.2) is 0 Å². The highest BCUT2D eigenvalue weighted by Gasteiger charge is 2.03. The van der Waals surface area contributed by atoms with Gasteiger partial charge in [-0.1, -0.05) is 20.3 Å². The van der Waals surface area contributed by atoms with E-state index >= 15 is 0 Å². The molecule has 0 aromatic rings. The molecule has 0 saturated carbocycles. The van der Waals surface area contributed by atoms with E-state index in [1.165, 1.54) is 6.42 Å². The smallest absolute Gasteiger partial charge is 0.0164 e. The minimum Gasteiger partial charge on any atom is -0.314 e. The minimum absolute atomic E-state index is 0.675. The first-order valence-corrected chi connectivity index (χ1v) is 4.25. The zero-order chi connectivity index (χ0) is 7.82.